The van der Waals surface area contributed by atoms with Crippen molar-refractivity contribution >= 4 is 35.2 Å². The van der Waals surface area contributed by atoms with E-state index in [-0.39, 0.29) is 23.6 Å². The predicted molar refractivity (Wildman–Crippen MR) is 128 cm³/mol. The van der Waals surface area contributed by atoms with Gasteiger partial charge in [-0.25, -0.2) is 0 Å². The number of carbonyl (C=O) groups is 3. The van der Waals surface area contributed by atoms with E-state index in [2.05, 4.69) is 10.6 Å². The summed E-state index contributed by atoms with van der Waals surface area (Å²) in [5, 5.41) is 5.82. The zero-order valence-corrected chi connectivity index (χ0v) is 18.9. The minimum absolute atomic E-state index is 0.0324. The molecule has 0 aliphatic carbocycles. The maximum Gasteiger partial charge on any atom is 0.246 e. The first-order chi connectivity index (χ1) is 15.2. The maximum atomic E-state index is 12.7. The molecular weight excluding hydrogens is 402 g/mol. The topological polar surface area (TPSA) is 78.5 Å². The molecule has 6 nitrogen and oxygen atoms in total. The molecule has 6 heteroatoms. The summed E-state index contributed by atoms with van der Waals surface area (Å²) in [6, 6.07) is 16.9. The molecule has 0 saturated carbocycles. The highest BCUT2D eigenvalue weighted by molar-refractivity contribution is 5.97. The zero-order valence-electron chi connectivity index (χ0n) is 18.9. The van der Waals surface area contributed by atoms with Crippen LogP contribution in [0.25, 0.3) is 6.08 Å². The smallest absolute Gasteiger partial charge is 0.246 e. The second-order valence-corrected chi connectivity index (χ2v) is 9.12. The summed E-state index contributed by atoms with van der Waals surface area (Å²) in [7, 11) is 0. The van der Waals surface area contributed by atoms with E-state index in [9.17, 15) is 14.4 Å². The fourth-order valence-corrected chi connectivity index (χ4v) is 3.44. The Hall–Kier alpha value is -3.41. The minimum Gasteiger partial charge on any atom is -0.339 e. The van der Waals surface area contributed by atoms with Crippen LogP contribution in [0.15, 0.2) is 60.7 Å². The lowest BCUT2D eigenvalue weighted by molar-refractivity contribution is -0.130. The molecule has 0 bridgehead atoms. The molecule has 2 N–H and O–H groups in total. The minimum atomic E-state index is -0.499. The second kappa shape index (κ2) is 10.3. The van der Waals surface area contributed by atoms with Crippen molar-refractivity contribution in [2.45, 2.75) is 33.6 Å². The van der Waals surface area contributed by atoms with Gasteiger partial charge in [-0.3, -0.25) is 14.4 Å². The van der Waals surface area contributed by atoms with Gasteiger partial charge in [0.05, 0.1) is 0 Å². The van der Waals surface area contributed by atoms with Crippen LogP contribution < -0.4 is 10.6 Å². The van der Waals surface area contributed by atoms with Gasteiger partial charge in [0.1, 0.15) is 0 Å². The zero-order chi connectivity index (χ0) is 23.1. The SMILES string of the molecule is CC(C)(C)C(=O)Nc1cccc(NC(=O)C2CCN(C(=O)C=Cc3ccccc3)CC2)c1. The molecule has 0 spiro atoms. The Bertz CT molecular complexity index is 985. The summed E-state index contributed by atoms with van der Waals surface area (Å²) in [5.74, 6) is -0.324. The number of likely N-dealkylation sites (tertiary alicyclic amines) is 1. The van der Waals surface area contributed by atoms with Crippen molar-refractivity contribution in [1.82, 2.24) is 4.90 Å². The highest BCUT2D eigenvalue weighted by Gasteiger charge is 2.27. The average molecular weight is 434 g/mol. The molecule has 3 amide bonds. The van der Waals surface area contributed by atoms with Crippen molar-refractivity contribution in [2.75, 3.05) is 23.7 Å². The molecule has 2 aromatic carbocycles. The molecule has 1 saturated heterocycles. The summed E-state index contributed by atoms with van der Waals surface area (Å²) < 4.78 is 0. The van der Waals surface area contributed by atoms with Gasteiger partial charge in [0, 0.05) is 41.9 Å². The fourth-order valence-electron chi connectivity index (χ4n) is 3.44. The number of carbonyl (C=O) groups excluding carboxylic acids is 3. The number of hydrogen-bond donors (Lipinski definition) is 2. The Morgan fingerprint density at radius 2 is 1.53 bits per heavy atom. The van der Waals surface area contributed by atoms with Crippen molar-refractivity contribution in [2.24, 2.45) is 11.3 Å². The molecule has 0 aromatic heterocycles. The first-order valence-corrected chi connectivity index (χ1v) is 11.0. The standard InChI is InChI=1S/C26H31N3O3/c1-26(2,3)25(32)28-22-11-7-10-21(18-22)27-24(31)20-14-16-29(17-15-20)23(30)13-12-19-8-5-4-6-9-19/h4-13,18,20H,14-17H2,1-3H3,(H,27,31)(H,28,32). The number of anilines is 2. The van der Waals surface area contributed by atoms with Crippen LogP contribution in [0.4, 0.5) is 11.4 Å². The molecule has 168 valence electrons. The van der Waals surface area contributed by atoms with Crippen LogP contribution in [0.1, 0.15) is 39.2 Å². The average Bonchev–Trinajstić information content (AvgIpc) is 2.78. The van der Waals surface area contributed by atoms with Crippen LogP contribution in [0.3, 0.4) is 0 Å². The quantitative estimate of drug-likeness (QED) is 0.679. The lowest BCUT2D eigenvalue weighted by atomic mass is 9.95. The second-order valence-electron chi connectivity index (χ2n) is 9.12. The van der Waals surface area contributed by atoms with E-state index in [0.29, 0.717) is 37.3 Å². The molecule has 0 radical (unpaired) electrons. The summed E-state index contributed by atoms with van der Waals surface area (Å²) in [4.78, 5) is 39.1. The molecule has 1 fully saturated rings. The molecule has 3 rings (SSSR count). The molecule has 1 aliphatic heterocycles. The summed E-state index contributed by atoms with van der Waals surface area (Å²) in [6.45, 7) is 6.66. The lowest BCUT2D eigenvalue weighted by Crippen LogP contribution is -2.40. The van der Waals surface area contributed by atoms with Crippen LogP contribution in [0.2, 0.25) is 0 Å². The Morgan fingerprint density at radius 1 is 0.906 bits per heavy atom. The molecular formula is C26H31N3O3. The fraction of sp³-hybridized carbons (Fsp3) is 0.346. The summed E-state index contributed by atoms with van der Waals surface area (Å²) >= 11 is 0. The Balaban J connectivity index is 1.50. The van der Waals surface area contributed by atoms with Gasteiger partial charge in [-0.05, 0) is 42.7 Å². The Labute approximate surface area is 189 Å². The summed E-state index contributed by atoms with van der Waals surface area (Å²) in [6.07, 6.45) is 4.65. The number of rotatable bonds is 5. The third-order valence-electron chi connectivity index (χ3n) is 5.46. The van der Waals surface area contributed by atoms with E-state index < -0.39 is 5.41 Å². The van der Waals surface area contributed by atoms with E-state index in [0.717, 1.165) is 5.56 Å². The largest absolute Gasteiger partial charge is 0.339 e. The molecule has 1 heterocycles. The van der Waals surface area contributed by atoms with Gasteiger partial charge in [-0.15, -0.1) is 0 Å². The van der Waals surface area contributed by atoms with Crippen molar-refractivity contribution in [1.29, 1.82) is 0 Å². The number of amides is 3. The van der Waals surface area contributed by atoms with E-state index in [4.69, 9.17) is 0 Å². The van der Waals surface area contributed by atoms with Gasteiger partial charge in [0.25, 0.3) is 0 Å². The van der Waals surface area contributed by atoms with Gasteiger partial charge < -0.3 is 15.5 Å². The normalized spacial score (nSPS) is 14.9. The molecule has 1 aliphatic rings. The van der Waals surface area contributed by atoms with Gasteiger partial charge in [-0.1, -0.05) is 57.2 Å². The Morgan fingerprint density at radius 3 is 2.16 bits per heavy atom. The van der Waals surface area contributed by atoms with Crippen LogP contribution in [-0.2, 0) is 14.4 Å². The van der Waals surface area contributed by atoms with Gasteiger partial charge in [-0.2, -0.15) is 0 Å². The highest BCUT2D eigenvalue weighted by Crippen LogP contribution is 2.23. The number of nitrogens with one attached hydrogen (secondary N) is 2. The third kappa shape index (κ3) is 6.54. The van der Waals surface area contributed by atoms with Crippen LogP contribution >= 0.6 is 0 Å². The van der Waals surface area contributed by atoms with Crippen LogP contribution in [-0.4, -0.2) is 35.7 Å². The van der Waals surface area contributed by atoms with E-state index >= 15 is 0 Å². The van der Waals surface area contributed by atoms with Gasteiger partial charge in [0.2, 0.25) is 17.7 Å². The third-order valence-corrected chi connectivity index (χ3v) is 5.46. The number of piperidine rings is 1. The monoisotopic (exact) mass is 433 g/mol. The van der Waals surface area contributed by atoms with Crippen molar-refractivity contribution in [3.05, 3.63) is 66.2 Å². The van der Waals surface area contributed by atoms with Crippen molar-refractivity contribution in [3.8, 4) is 0 Å². The first kappa shape index (κ1) is 23.3. The first-order valence-electron chi connectivity index (χ1n) is 11.0. The molecule has 32 heavy (non-hydrogen) atoms. The maximum absolute atomic E-state index is 12.7. The van der Waals surface area contributed by atoms with Crippen molar-refractivity contribution < 1.29 is 14.4 Å². The Kier molecular flexibility index (Phi) is 7.46. The molecule has 2 aromatic rings. The van der Waals surface area contributed by atoms with E-state index in [1.807, 2.05) is 57.2 Å². The number of hydrogen-bond acceptors (Lipinski definition) is 3. The van der Waals surface area contributed by atoms with Crippen LogP contribution in [0.5, 0.6) is 0 Å². The highest BCUT2D eigenvalue weighted by atomic mass is 16.2. The number of nitrogens with zero attached hydrogens (tertiary/aromatic N) is 1. The molecule has 0 unspecified atom stereocenters. The lowest BCUT2D eigenvalue weighted by Gasteiger charge is -2.30. The van der Waals surface area contributed by atoms with Gasteiger partial charge >= 0.3 is 0 Å². The van der Waals surface area contributed by atoms with Crippen LogP contribution in [0, 0.1) is 11.3 Å². The van der Waals surface area contributed by atoms with E-state index in [1.165, 1.54) is 0 Å². The predicted octanol–water partition coefficient (Wildman–Crippen LogP) is 4.56. The van der Waals surface area contributed by atoms with Crippen molar-refractivity contribution in [3.63, 3.8) is 0 Å². The van der Waals surface area contributed by atoms with E-state index in [1.54, 1.807) is 35.2 Å². The molecule has 0 atom stereocenters. The summed E-state index contributed by atoms with van der Waals surface area (Å²) in [5.41, 5.74) is 1.77. The number of benzene rings is 2. The van der Waals surface area contributed by atoms with Gasteiger partial charge in [0.15, 0.2) is 0 Å².